The third kappa shape index (κ3) is 5.41. The summed E-state index contributed by atoms with van der Waals surface area (Å²) in [5.41, 5.74) is 3.79. The first-order chi connectivity index (χ1) is 22.0. The Morgan fingerprint density at radius 2 is 1.56 bits per heavy atom. The molecule has 1 saturated heterocycles. The summed E-state index contributed by atoms with van der Waals surface area (Å²) < 4.78 is 6.93. The maximum Gasteiger partial charge on any atom is 0.165 e. The minimum atomic E-state index is -0.880. The molecular weight excluding hydrogens is 556 g/mol. The van der Waals surface area contributed by atoms with Gasteiger partial charge in [0, 0.05) is 24.2 Å². The van der Waals surface area contributed by atoms with Crippen molar-refractivity contribution in [1.29, 1.82) is 0 Å². The molecule has 3 aromatic rings. The van der Waals surface area contributed by atoms with E-state index in [0.717, 1.165) is 76.7 Å². The number of aromatic hydroxyl groups is 1. The van der Waals surface area contributed by atoms with E-state index < -0.39 is 11.0 Å². The Kier molecular flexibility index (Phi) is 8.78. The second-order valence-electron chi connectivity index (χ2n) is 14.0. The summed E-state index contributed by atoms with van der Waals surface area (Å²) in [6.45, 7) is 7.78. The lowest BCUT2D eigenvalue weighted by atomic mass is 9.48. The molecule has 5 atom stereocenters. The lowest BCUT2D eigenvalue weighted by molar-refractivity contribution is -0.198. The fraction of sp³-hybridized carbons (Fsp3) is 0.500. The number of phenols is 1. The molecule has 4 aliphatic rings. The van der Waals surface area contributed by atoms with Crippen LogP contribution in [0.2, 0.25) is 0 Å². The molecule has 2 N–H and O–H groups in total. The molecule has 2 fully saturated rings. The lowest BCUT2D eigenvalue weighted by Gasteiger charge is -2.65. The molecule has 3 aromatic carbocycles. The molecule has 7 rings (SSSR count). The smallest absolute Gasteiger partial charge is 0.165 e. The third-order valence-corrected chi connectivity index (χ3v) is 11.6. The van der Waals surface area contributed by atoms with Crippen LogP contribution in [0.5, 0.6) is 11.5 Å². The zero-order valence-electron chi connectivity index (χ0n) is 26.7. The van der Waals surface area contributed by atoms with Crippen molar-refractivity contribution in [2.75, 3.05) is 26.2 Å². The number of rotatable bonds is 14. The maximum atomic E-state index is 12.8. The van der Waals surface area contributed by atoms with Crippen LogP contribution in [0.4, 0.5) is 0 Å². The van der Waals surface area contributed by atoms with Crippen LogP contribution in [-0.4, -0.2) is 70.0 Å². The Morgan fingerprint density at radius 3 is 2.29 bits per heavy atom. The standard InChI is InChI=1S/C40H50N2O3/c1-2-25-42-28-24-39-36-32-20-21-34(43)37(36)45-38(39)33(22-23-40(39,44)35(42)29-32)41(27-13-19-31-17-10-6-11-18-31)26-12-4-3-7-14-30-15-8-5-9-16-30/h2,5-6,8-11,15-18,20-21,33,35,38,43-44H,1,3-4,7,12-14,19,22-29H2/t33-,35-,38+,39+,40-/m1/s1. The molecule has 0 amide bonds. The normalized spacial score (nSPS) is 28.1. The number of aryl methyl sites for hydroxylation is 2. The van der Waals surface area contributed by atoms with Gasteiger partial charge in [0.05, 0.1) is 11.0 Å². The van der Waals surface area contributed by atoms with Crippen molar-refractivity contribution >= 4 is 0 Å². The van der Waals surface area contributed by atoms with Gasteiger partial charge in [0.25, 0.3) is 0 Å². The van der Waals surface area contributed by atoms with Gasteiger partial charge in [-0.05, 0) is 100 Å². The summed E-state index contributed by atoms with van der Waals surface area (Å²) in [5, 5.41) is 23.9. The molecule has 0 radical (unpaired) electrons. The molecule has 2 aliphatic carbocycles. The highest BCUT2D eigenvalue weighted by Crippen LogP contribution is 2.65. The number of likely N-dealkylation sites (tertiary alicyclic amines) is 1. The van der Waals surface area contributed by atoms with Crippen molar-refractivity contribution in [3.05, 3.63) is 108 Å². The van der Waals surface area contributed by atoms with E-state index in [9.17, 15) is 10.2 Å². The highest BCUT2D eigenvalue weighted by atomic mass is 16.5. The Morgan fingerprint density at radius 1 is 0.867 bits per heavy atom. The number of hydrogen-bond donors (Lipinski definition) is 2. The Bertz CT molecular complexity index is 1460. The SMILES string of the molecule is C=CCN1CC[C@]23c4c5ccc(O)c4O[C@H]2[C@H](N(CCCCCCc2ccccc2)CCCc2ccccc2)CC[C@@]3(O)[C@H]1C5. The molecule has 238 valence electrons. The highest BCUT2D eigenvalue weighted by molar-refractivity contribution is 5.62. The number of hydrogen-bond acceptors (Lipinski definition) is 5. The second kappa shape index (κ2) is 12.9. The molecule has 5 nitrogen and oxygen atoms in total. The van der Waals surface area contributed by atoms with Gasteiger partial charge in [-0.3, -0.25) is 9.80 Å². The summed E-state index contributed by atoms with van der Waals surface area (Å²) in [6, 6.07) is 25.8. The van der Waals surface area contributed by atoms with Crippen molar-refractivity contribution in [2.24, 2.45) is 0 Å². The summed E-state index contributed by atoms with van der Waals surface area (Å²) >= 11 is 0. The Hall–Kier alpha value is -3.12. The van der Waals surface area contributed by atoms with Gasteiger partial charge in [0.1, 0.15) is 6.10 Å². The number of unbranched alkanes of at least 4 members (excludes halogenated alkanes) is 3. The molecule has 2 aliphatic heterocycles. The number of phenolic OH excluding ortho intramolecular Hbond substituents is 1. The molecule has 1 spiro atoms. The first-order valence-electron chi connectivity index (χ1n) is 17.5. The summed E-state index contributed by atoms with van der Waals surface area (Å²) in [7, 11) is 0. The van der Waals surface area contributed by atoms with Crippen LogP contribution in [0.1, 0.15) is 73.6 Å². The van der Waals surface area contributed by atoms with Crippen molar-refractivity contribution in [1.82, 2.24) is 9.80 Å². The van der Waals surface area contributed by atoms with Crippen LogP contribution >= 0.6 is 0 Å². The largest absolute Gasteiger partial charge is 0.504 e. The van der Waals surface area contributed by atoms with Crippen molar-refractivity contribution < 1.29 is 14.9 Å². The van der Waals surface area contributed by atoms with Crippen molar-refractivity contribution in [3.8, 4) is 11.5 Å². The van der Waals surface area contributed by atoms with E-state index in [4.69, 9.17) is 4.74 Å². The van der Waals surface area contributed by atoms with Gasteiger partial charge in [-0.25, -0.2) is 0 Å². The van der Waals surface area contributed by atoms with Gasteiger partial charge in [-0.1, -0.05) is 85.6 Å². The quantitative estimate of drug-likeness (QED) is 0.156. The Balaban J connectivity index is 1.12. The molecule has 45 heavy (non-hydrogen) atoms. The number of aliphatic hydroxyl groups is 1. The van der Waals surface area contributed by atoms with Crippen LogP contribution in [-0.2, 0) is 24.7 Å². The van der Waals surface area contributed by atoms with E-state index in [1.807, 2.05) is 12.1 Å². The van der Waals surface area contributed by atoms with Gasteiger partial charge in [-0.2, -0.15) is 0 Å². The minimum Gasteiger partial charge on any atom is -0.504 e. The van der Waals surface area contributed by atoms with E-state index >= 15 is 0 Å². The van der Waals surface area contributed by atoms with E-state index in [1.165, 1.54) is 42.4 Å². The fourth-order valence-electron chi connectivity index (χ4n) is 9.58. The number of piperidine rings is 1. The van der Waals surface area contributed by atoms with Crippen molar-refractivity contribution in [3.63, 3.8) is 0 Å². The monoisotopic (exact) mass is 606 g/mol. The van der Waals surface area contributed by atoms with E-state index in [2.05, 4.69) is 83.1 Å². The molecular formula is C40H50N2O3. The zero-order valence-corrected chi connectivity index (χ0v) is 26.7. The molecule has 0 aromatic heterocycles. The van der Waals surface area contributed by atoms with Crippen LogP contribution in [0.15, 0.2) is 85.5 Å². The van der Waals surface area contributed by atoms with Gasteiger partial charge < -0.3 is 14.9 Å². The topological polar surface area (TPSA) is 56.2 Å². The minimum absolute atomic E-state index is 0.0374. The zero-order chi connectivity index (χ0) is 30.9. The fourth-order valence-corrected chi connectivity index (χ4v) is 9.58. The van der Waals surface area contributed by atoms with Gasteiger partial charge >= 0.3 is 0 Å². The van der Waals surface area contributed by atoms with Crippen LogP contribution in [0, 0.1) is 0 Å². The first-order valence-corrected chi connectivity index (χ1v) is 17.5. The number of benzene rings is 3. The average molecular weight is 607 g/mol. The molecule has 2 bridgehead atoms. The second-order valence-corrected chi connectivity index (χ2v) is 14.0. The van der Waals surface area contributed by atoms with Gasteiger partial charge in [-0.15, -0.1) is 6.58 Å². The summed E-state index contributed by atoms with van der Waals surface area (Å²) in [4.78, 5) is 5.15. The number of ether oxygens (including phenoxy) is 1. The van der Waals surface area contributed by atoms with E-state index in [0.29, 0.717) is 5.75 Å². The number of nitrogens with zero attached hydrogens (tertiary/aromatic N) is 2. The average Bonchev–Trinajstić information content (AvgIpc) is 3.42. The van der Waals surface area contributed by atoms with Crippen molar-refractivity contribution in [2.45, 2.75) is 99.8 Å². The predicted octanol–water partition coefficient (Wildman–Crippen LogP) is 6.84. The molecule has 1 saturated carbocycles. The first kappa shape index (κ1) is 30.5. The lowest BCUT2D eigenvalue weighted by Crippen LogP contribution is -2.78. The summed E-state index contributed by atoms with van der Waals surface area (Å²) in [6.07, 6.45) is 13.3. The van der Waals surface area contributed by atoms with E-state index in [1.54, 1.807) is 0 Å². The van der Waals surface area contributed by atoms with Crippen LogP contribution in [0.3, 0.4) is 0 Å². The molecule has 0 unspecified atom stereocenters. The maximum absolute atomic E-state index is 12.8. The Labute approximate surface area is 269 Å². The van der Waals surface area contributed by atoms with Crippen LogP contribution in [0.25, 0.3) is 0 Å². The molecule has 2 heterocycles. The van der Waals surface area contributed by atoms with Gasteiger partial charge in [0.2, 0.25) is 0 Å². The highest BCUT2D eigenvalue weighted by Gasteiger charge is 2.73. The van der Waals surface area contributed by atoms with E-state index in [-0.39, 0.29) is 23.9 Å². The van der Waals surface area contributed by atoms with Crippen LogP contribution < -0.4 is 4.74 Å². The molecule has 5 heteroatoms. The predicted molar refractivity (Wildman–Crippen MR) is 181 cm³/mol. The van der Waals surface area contributed by atoms with Gasteiger partial charge in [0.15, 0.2) is 11.5 Å². The summed E-state index contributed by atoms with van der Waals surface area (Å²) in [5.74, 6) is 0.864. The third-order valence-electron chi connectivity index (χ3n) is 11.6.